The lowest BCUT2D eigenvalue weighted by Gasteiger charge is -2.11. The van der Waals surface area contributed by atoms with Gasteiger partial charge in [-0.05, 0) is 38.5 Å². The molecular formula is C17H32O3. The predicted octanol–water partition coefficient (Wildman–Crippen LogP) is 3.87. The van der Waals surface area contributed by atoms with Gasteiger partial charge in [0, 0.05) is 13.2 Å². The van der Waals surface area contributed by atoms with Crippen molar-refractivity contribution < 1.29 is 14.6 Å². The van der Waals surface area contributed by atoms with Crippen molar-refractivity contribution in [3.05, 3.63) is 25.3 Å². The van der Waals surface area contributed by atoms with Gasteiger partial charge in [-0.3, -0.25) is 0 Å². The third-order valence-corrected chi connectivity index (χ3v) is 3.01. The molecule has 0 rings (SSSR count). The summed E-state index contributed by atoms with van der Waals surface area (Å²) in [6.07, 6.45) is 12.3. The second-order valence-electron chi connectivity index (χ2n) is 5.08. The number of unbranched alkanes of at least 4 members (excludes halogenated alkanes) is 6. The summed E-state index contributed by atoms with van der Waals surface area (Å²) in [6, 6.07) is 0. The molecule has 3 nitrogen and oxygen atoms in total. The van der Waals surface area contributed by atoms with Crippen LogP contribution in [-0.2, 0) is 9.47 Å². The van der Waals surface area contributed by atoms with Crippen molar-refractivity contribution in [2.45, 2.75) is 57.5 Å². The van der Waals surface area contributed by atoms with Crippen molar-refractivity contribution in [2.75, 3.05) is 26.4 Å². The standard InChI is InChI=1S/C17H32O3/c1-3-5-7-9-11-13-19-15-17(18)16-20-14-12-10-8-6-4-2/h3-4,17-18H,1-2,5-16H2. The summed E-state index contributed by atoms with van der Waals surface area (Å²) >= 11 is 0. The SMILES string of the molecule is C=CCCCCCOCC(O)COCCCCCC=C. The van der Waals surface area contributed by atoms with Crippen LogP contribution in [0.2, 0.25) is 0 Å². The molecule has 0 bridgehead atoms. The minimum absolute atomic E-state index is 0.373. The molecule has 0 aromatic heterocycles. The lowest BCUT2D eigenvalue weighted by molar-refractivity contribution is -0.0200. The van der Waals surface area contributed by atoms with Crippen molar-refractivity contribution in [3.63, 3.8) is 0 Å². The number of allylic oxidation sites excluding steroid dienone is 2. The van der Waals surface area contributed by atoms with Crippen LogP contribution in [0.25, 0.3) is 0 Å². The molecule has 1 N–H and O–H groups in total. The summed E-state index contributed by atoms with van der Waals surface area (Å²) in [6.45, 7) is 9.56. The van der Waals surface area contributed by atoms with Gasteiger partial charge in [-0.1, -0.05) is 25.0 Å². The van der Waals surface area contributed by atoms with Crippen LogP contribution in [0.1, 0.15) is 51.4 Å². The average molecular weight is 284 g/mol. The third-order valence-electron chi connectivity index (χ3n) is 3.01. The number of aliphatic hydroxyl groups excluding tert-OH is 1. The summed E-state index contributed by atoms with van der Waals surface area (Å²) in [7, 11) is 0. The summed E-state index contributed by atoms with van der Waals surface area (Å²) < 4.78 is 10.8. The van der Waals surface area contributed by atoms with Crippen LogP contribution < -0.4 is 0 Å². The normalized spacial score (nSPS) is 10.9. The smallest absolute Gasteiger partial charge is 0.101 e. The Morgan fingerprint density at radius 3 is 1.60 bits per heavy atom. The highest BCUT2D eigenvalue weighted by molar-refractivity contribution is 4.65. The molecule has 3 heteroatoms. The first-order valence-corrected chi connectivity index (χ1v) is 7.86. The molecule has 0 spiro atoms. The van der Waals surface area contributed by atoms with Gasteiger partial charge in [0.25, 0.3) is 0 Å². The summed E-state index contributed by atoms with van der Waals surface area (Å²) in [4.78, 5) is 0. The quantitative estimate of drug-likeness (QED) is 0.345. The van der Waals surface area contributed by atoms with E-state index in [0.717, 1.165) is 51.7 Å². The van der Waals surface area contributed by atoms with Gasteiger partial charge in [0.15, 0.2) is 0 Å². The molecule has 0 radical (unpaired) electrons. The minimum atomic E-state index is -0.503. The number of ether oxygens (including phenoxy) is 2. The zero-order valence-corrected chi connectivity index (χ0v) is 12.9. The fraction of sp³-hybridized carbons (Fsp3) is 0.765. The number of hydrogen-bond acceptors (Lipinski definition) is 3. The topological polar surface area (TPSA) is 38.7 Å². The lowest BCUT2D eigenvalue weighted by Crippen LogP contribution is -2.22. The van der Waals surface area contributed by atoms with Gasteiger partial charge in [-0.25, -0.2) is 0 Å². The van der Waals surface area contributed by atoms with E-state index in [1.807, 2.05) is 12.2 Å². The monoisotopic (exact) mass is 284 g/mol. The van der Waals surface area contributed by atoms with Gasteiger partial charge in [0.05, 0.1) is 13.2 Å². The second-order valence-corrected chi connectivity index (χ2v) is 5.08. The fourth-order valence-corrected chi connectivity index (χ4v) is 1.83. The molecule has 0 aliphatic heterocycles. The Balaban J connectivity index is 3.14. The highest BCUT2D eigenvalue weighted by atomic mass is 16.5. The molecule has 0 amide bonds. The molecule has 0 atom stereocenters. The molecule has 0 fully saturated rings. The summed E-state index contributed by atoms with van der Waals surface area (Å²) in [5.74, 6) is 0. The maximum Gasteiger partial charge on any atom is 0.101 e. The number of rotatable bonds is 16. The third kappa shape index (κ3) is 15.4. The first-order valence-electron chi connectivity index (χ1n) is 7.86. The van der Waals surface area contributed by atoms with E-state index < -0.39 is 6.10 Å². The zero-order valence-electron chi connectivity index (χ0n) is 12.9. The molecule has 20 heavy (non-hydrogen) atoms. The highest BCUT2D eigenvalue weighted by Gasteiger charge is 2.04. The predicted molar refractivity (Wildman–Crippen MR) is 85.0 cm³/mol. The first kappa shape index (κ1) is 19.4. The van der Waals surface area contributed by atoms with Crippen molar-refractivity contribution in [1.29, 1.82) is 0 Å². The van der Waals surface area contributed by atoms with Crippen LogP contribution in [0.3, 0.4) is 0 Å². The molecule has 118 valence electrons. The molecule has 0 unspecified atom stereocenters. The number of aliphatic hydroxyl groups is 1. The van der Waals surface area contributed by atoms with E-state index in [-0.39, 0.29) is 0 Å². The van der Waals surface area contributed by atoms with Gasteiger partial charge in [-0.2, -0.15) is 0 Å². The molecule has 0 heterocycles. The van der Waals surface area contributed by atoms with Crippen LogP contribution in [0.4, 0.5) is 0 Å². The zero-order chi connectivity index (χ0) is 14.9. The van der Waals surface area contributed by atoms with Crippen LogP contribution >= 0.6 is 0 Å². The minimum Gasteiger partial charge on any atom is -0.388 e. The van der Waals surface area contributed by atoms with Crippen molar-refractivity contribution in [1.82, 2.24) is 0 Å². The van der Waals surface area contributed by atoms with Crippen molar-refractivity contribution >= 4 is 0 Å². The van der Waals surface area contributed by atoms with E-state index in [1.54, 1.807) is 0 Å². The van der Waals surface area contributed by atoms with E-state index in [1.165, 1.54) is 12.8 Å². The van der Waals surface area contributed by atoms with Gasteiger partial charge in [0.1, 0.15) is 6.10 Å². The van der Waals surface area contributed by atoms with Crippen LogP contribution in [0.15, 0.2) is 25.3 Å². The van der Waals surface area contributed by atoms with E-state index in [4.69, 9.17) is 9.47 Å². The van der Waals surface area contributed by atoms with Crippen LogP contribution in [0.5, 0.6) is 0 Å². The van der Waals surface area contributed by atoms with Crippen LogP contribution in [0, 0.1) is 0 Å². The molecule has 0 aromatic rings. The van der Waals surface area contributed by atoms with Crippen molar-refractivity contribution in [2.24, 2.45) is 0 Å². The first-order chi connectivity index (χ1) is 9.81. The second kappa shape index (κ2) is 16.4. The van der Waals surface area contributed by atoms with Gasteiger partial charge in [0.2, 0.25) is 0 Å². The van der Waals surface area contributed by atoms with Gasteiger partial charge in [-0.15, -0.1) is 13.2 Å². The molecule has 0 saturated heterocycles. The largest absolute Gasteiger partial charge is 0.388 e. The Kier molecular flexibility index (Phi) is 15.9. The van der Waals surface area contributed by atoms with E-state index in [2.05, 4.69) is 13.2 Å². The van der Waals surface area contributed by atoms with Gasteiger partial charge >= 0.3 is 0 Å². The Bertz CT molecular complexity index is 194. The summed E-state index contributed by atoms with van der Waals surface area (Å²) in [5.41, 5.74) is 0. The van der Waals surface area contributed by atoms with E-state index >= 15 is 0 Å². The van der Waals surface area contributed by atoms with Crippen LogP contribution in [-0.4, -0.2) is 37.6 Å². The molecular weight excluding hydrogens is 252 g/mol. The molecule has 0 aromatic carbocycles. The Labute approximate surface area is 124 Å². The maximum absolute atomic E-state index is 9.65. The fourth-order valence-electron chi connectivity index (χ4n) is 1.83. The Hall–Kier alpha value is -0.640. The summed E-state index contributed by atoms with van der Waals surface area (Å²) in [5, 5.41) is 9.65. The Morgan fingerprint density at radius 2 is 1.20 bits per heavy atom. The molecule has 0 saturated carbocycles. The highest BCUT2D eigenvalue weighted by Crippen LogP contribution is 2.02. The number of hydrogen-bond donors (Lipinski definition) is 1. The molecule has 0 aliphatic rings. The maximum atomic E-state index is 9.65. The molecule has 0 aliphatic carbocycles. The van der Waals surface area contributed by atoms with Crippen molar-refractivity contribution in [3.8, 4) is 0 Å². The van der Waals surface area contributed by atoms with Gasteiger partial charge < -0.3 is 14.6 Å². The van der Waals surface area contributed by atoms with E-state index in [0.29, 0.717) is 13.2 Å². The lowest BCUT2D eigenvalue weighted by atomic mass is 10.2. The Morgan fingerprint density at radius 1 is 0.750 bits per heavy atom. The van der Waals surface area contributed by atoms with E-state index in [9.17, 15) is 5.11 Å². The average Bonchev–Trinajstić information content (AvgIpc) is 2.45.